The van der Waals surface area contributed by atoms with Gasteiger partial charge < -0.3 is 33.5 Å². The molecule has 0 radical (unpaired) electrons. The van der Waals surface area contributed by atoms with Crippen molar-refractivity contribution in [2.75, 3.05) is 13.2 Å². The first-order valence-corrected chi connectivity index (χ1v) is 15.9. The fourth-order valence-electron chi connectivity index (χ4n) is 5.40. The van der Waals surface area contributed by atoms with Crippen LogP contribution in [0.1, 0.15) is 29.2 Å². The number of carbonyl (C=O) groups is 1. The Balaban J connectivity index is 1.49. The molecule has 4 aromatic rings. The van der Waals surface area contributed by atoms with E-state index in [1.165, 1.54) is 6.08 Å². The van der Waals surface area contributed by atoms with Gasteiger partial charge in [0.25, 0.3) is 0 Å². The molecule has 0 bridgehead atoms. The Morgan fingerprint density at radius 2 is 1.13 bits per heavy atom. The second-order valence-corrected chi connectivity index (χ2v) is 11.2. The number of hydrogen-bond acceptors (Lipinski definition) is 8. The average Bonchev–Trinajstić information content (AvgIpc) is 3.11. The van der Waals surface area contributed by atoms with Crippen LogP contribution in [0.2, 0.25) is 0 Å². The minimum atomic E-state index is -2.10. The molecule has 0 aliphatic carbocycles. The van der Waals surface area contributed by atoms with Crippen molar-refractivity contribution < 1.29 is 38.3 Å². The third-order valence-electron chi connectivity index (χ3n) is 7.72. The van der Waals surface area contributed by atoms with Crippen molar-refractivity contribution in [1.29, 1.82) is 0 Å². The SMILES string of the molecule is CCOC(=O)/C=C/[C@]1(O)O[C@H](COCc2ccccc2)[C@@H](OCc2ccccc2)[C@H](OCc2ccccc2)[C@H]1OCc1ccccc1. The van der Waals surface area contributed by atoms with Crippen LogP contribution in [0.3, 0.4) is 0 Å². The molecule has 246 valence electrons. The largest absolute Gasteiger partial charge is 0.463 e. The lowest BCUT2D eigenvalue weighted by Gasteiger charge is -2.49. The second-order valence-electron chi connectivity index (χ2n) is 11.2. The first kappa shape index (κ1) is 34.2. The molecule has 1 heterocycles. The fourth-order valence-corrected chi connectivity index (χ4v) is 5.40. The Bertz CT molecular complexity index is 1500. The van der Waals surface area contributed by atoms with Gasteiger partial charge in [-0.1, -0.05) is 121 Å². The number of esters is 1. The Hall–Kier alpha value is -4.15. The quantitative estimate of drug-likeness (QED) is 0.115. The topological polar surface area (TPSA) is 92.7 Å². The Morgan fingerprint density at radius 3 is 1.62 bits per heavy atom. The van der Waals surface area contributed by atoms with Crippen LogP contribution in [0.4, 0.5) is 0 Å². The van der Waals surface area contributed by atoms with Gasteiger partial charge in [0.15, 0.2) is 0 Å². The average molecular weight is 639 g/mol. The fraction of sp³-hybridized carbons (Fsp3) is 0.308. The Labute approximate surface area is 276 Å². The molecule has 0 saturated carbocycles. The number of aliphatic hydroxyl groups is 1. The summed E-state index contributed by atoms with van der Waals surface area (Å²) in [5.74, 6) is -2.72. The van der Waals surface area contributed by atoms with Gasteiger partial charge in [-0.2, -0.15) is 0 Å². The van der Waals surface area contributed by atoms with Crippen molar-refractivity contribution in [3.63, 3.8) is 0 Å². The highest BCUT2D eigenvalue weighted by Crippen LogP contribution is 2.36. The lowest BCUT2D eigenvalue weighted by molar-refractivity contribution is -0.351. The highest BCUT2D eigenvalue weighted by atomic mass is 16.7. The maximum Gasteiger partial charge on any atom is 0.330 e. The normalized spacial score (nSPS) is 22.7. The minimum Gasteiger partial charge on any atom is -0.463 e. The lowest BCUT2D eigenvalue weighted by atomic mass is 9.91. The summed E-state index contributed by atoms with van der Waals surface area (Å²) in [6, 6.07) is 39.0. The van der Waals surface area contributed by atoms with Crippen molar-refractivity contribution >= 4 is 5.97 Å². The van der Waals surface area contributed by atoms with Crippen LogP contribution in [0.25, 0.3) is 0 Å². The molecule has 5 atom stereocenters. The Morgan fingerprint density at radius 1 is 0.681 bits per heavy atom. The second kappa shape index (κ2) is 17.7. The summed E-state index contributed by atoms with van der Waals surface area (Å²) in [7, 11) is 0. The minimum absolute atomic E-state index is 0.0699. The summed E-state index contributed by atoms with van der Waals surface area (Å²) in [6.07, 6.45) is -1.06. The van der Waals surface area contributed by atoms with Crippen LogP contribution < -0.4 is 0 Å². The van der Waals surface area contributed by atoms with Crippen LogP contribution >= 0.6 is 0 Å². The van der Waals surface area contributed by atoms with E-state index in [9.17, 15) is 9.90 Å². The van der Waals surface area contributed by atoms with Crippen LogP contribution in [0.15, 0.2) is 133 Å². The summed E-state index contributed by atoms with van der Waals surface area (Å²) in [6.45, 7) is 2.93. The molecule has 0 aromatic heterocycles. The third kappa shape index (κ3) is 10.2. The molecule has 0 amide bonds. The first-order chi connectivity index (χ1) is 23.0. The van der Waals surface area contributed by atoms with Crippen LogP contribution in [-0.4, -0.2) is 54.5 Å². The van der Waals surface area contributed by atoms with Gasteiger partial charge in [0.2, 0.25) is 5.79 Å². The molecule has 5 rings (SSSR count). The highest BCUT2D eigenvalue weighted by molar-refractivity contribution is 5.82. The summed E-state index contributed by atoms with van der Waals surface area (Å²) in [4.78, 5) is 12.4. The molecule has 1 aliphatic rings. The van der Waals surface area contributed by atoms with E-state index in [1.807, 2.05) is 121 Å². The predicted octanol–water partition coefficient (Wildman–Crippen LogP) is 6.17. The number of benzene rings is 4. The van der Waals surface area contributed by atoms with Gasteiger partial charge in [-0.25, -0.2) is 4.79 Å². The van der Waals surface area contributed by atoms with Gasteiger partial charge in [0, 0.05) is 6.08 Å². The van der Waals surface area contributed by atoms with E-state index >= 15 is 0 Å². The third-order valence-corrected chi connectivity index (χ3v) is 7.72. The maximum atomic E-state index is 12.4. The predicted molar refractivity (Wildman–Crippen MR) is 177 cm³/mol. The lowest BCUT2D eigenvalue weighted by Crippen LogP contribution is -2.66. The molecule has 1 saturated heterocycles. The standard InChI is InChI=1S/C39H42O8/c1-2-43-35(40)23-24-39(41)38(46-28-33-21-13-6-14-22-33)37(45-27-32-19-11-5-12-20-32)36(44-26-31-17-9-4-10-18-31)34(47-39)29-42-25-30-15-7-3-8-16-30/h3-24,34,36-38,41H,2,25-29H2,1H3/b24-23+/t34-,36-,37+,38-,39+/m1/s1. The number of hydrogen-bond donors (Lipinski definition) is 1. The molecule has 1 N–H and O–H groups in total. The van der Waals surface area contributed by atoms with E-state index in [0.717, 1.165) is 28.3 Å². The molecule has 8 heteroatoms. The zero-order valence-corrected chi connectivity index (χ0v) is 26.6. The van der Waals surface area contributed by atoms with Gasteiger partial charge in [0.05, 0.1) is 39.6 Å². The number of rotatable bonds is 16. The van der Waals surface area contributed by atoms with Crippen molar-refractivity contribution in [3.8, 4) is 0 Å². The van der Waals surface area contributed by atoms with Crippen LogP contribution in [-0.2, 0) is 59.6 Å². The van der Waals surface area contributed by atoms with Gasteiger partial charge in [-0.05, 0) is 35.3 Å². The molecule has 47 heavy (non-hydrogen) atoms. The highest BCUT2D eigenvalue weighted by Gasteiger charge is 2.55. The van der Waals surface area contributed by atoms with Crippen molar-refractivity contribution in [1.82, 2.24) is 0 Å². The number of carbonyl (C=O) groups excluding carboxylic acids is 1. The van der Waals surface area contributed by atoms with E-state index in [0.29, 0.717) is 6.61 Å². The van der Waals surface area contributed by atoms with Crippen LogP contribution in [0.5, 0.6) is 0 Å². The van der Waals surface area contributed by atoms with E-state index in [4.69, 9.17) is 28.4 Å². The van der Waals surface area contributed by atoms with Gasteiger partial charge in [-0.15, -0.1) is 0 Å². The van der Waals surface area contributed by atoms with Crippen molar-refractivity contribution in [3.05, 3.63) is 156 Å². The van der Waals surface area contributed by atoms with E-state index in [-0.39, 0.29) is 33.0 Å². The summed E-state index contributed by atoms with van der Waals surface area (Å²) < 4.78 is 37.4. The summed E-state index contributed by atoms with van der Waals surface area (Å²) in [5, 5.41) is 12.3. The molecular formula is C39H42O8. The van der Waals surface area contributed by atoms with Gasteiger partial charge in [0.1, 0.15) is 24.4 Å². The molecule has 1 aliphatic heterocycles. The maximum absolute atomic E-state index is 12.4. The van der Waals surface area contributed by atoms with Crippen LogP contribution in [0, 0.1) is 0 Å². The molecule has 1 fully saturated rings. The van der Waals surface area contributed by atoms with E-state index < -0.39 is 36.2 Å². The summed E-state index contributed by atoms with van der Waals surface area (Å²) >= 11 is 0. The molecule has 0 spiro atoms. The molecule has 0 unspecified atom stereocenters. The van der Waals surface area contributed by atoms with E-state index in [2.05, 4.69) is 0 Å². The first-order valence-electron chi connectivity index (χ1n) is 15.9. The van der Waals surface area contributed by atoms with Gasteiger partial charge >= 0.3 is 5.97 Å². The Kier molecular flexibility index (Phi) is 12.9. The van der Waals surface area contributed by atoms with Crippen molar-refractivity contribution in [2.24, 2.45) is 0 Å². The zero-order chi connectivity index (χ0) is 32.7. The monoisotopic (exact) mass is 638 g/mol. The van der Waals surface area contributed by atoms with Crippen molar-refractivity contribution in [2.45, 2.75) is 63.6 Å². The van der Waals surface area contributed by atoms with Gasteiger partial charge in [-0.3, -0.25) is 0 Å². The smallest absolute Gasteiger partial charge is 0.330 e. The number of ether oxygens (including phenoxy) is 6. The van der Waals surface area contributed by atoms with E-state index in [1.54, 1.807) is 6.92 Å². The zero-order valence-electron chi connectivity index (χ0n) is 26.6. The molecule has 4 aromatic carbocycles. The summed E-state index contributed by atoms with van der Waals surface area (Å²) in [5.41, 5.74) is 3.78. The molecular weight excluding hydrogens is 596 g/mol. The molecule has 8 nitrogen and oxygen atoms in total.